The number of nitrogens with two attached hydrogens (primary N) is 1. The van der Waals surface area contributed by atoms with Gasteiger partial charge in [-0.1, -0.05) is 178 Å². The van der Waals surface area contributed by atoms with E-state index in [1.807, 2.05) is 12.2 Å². The second-order valence-corrected chi connectivity index (χ2v) is 17.3. The van der Waals surface area contributed by atoms with E-state index in [0.717, 1.165) is 51.4 Å². The number of carboxylic acid groups (broad SMARTS) is 1. The molecule has 0 bridgehead atoms. The van der Waals surface area contributed by atoms with Crippen molar-refractivity contribution in [3.05, 3.63) is 48.6 Å². The van der Waals surface area contributed by atoms with Crippen molar-refractivity contribution in [1.29, 1.82) is 0 Å². The van der Waals surface area contributed by atoms with Gasteiger partial charge in [0, 0.05) is 12.8 Å². The van der Waals surface area contributed by atoms with Crippen LogP contribution in [-0.4, -0.2) is 59.9 Å². The van der Waals surface area contributed by atoms with E-state index in [-0.39, 0.29) is 19.4 Å². The Kier molecular flexibility index (Phi) is 41.3. The molecule has 11 nitrogen and oxygen atoms in total. The Hall–Kier alpha value is -2.56. The molecule has 0 spiro atoms. The first-order valence-corrected chi connectivity index (χ1v) is 25.2. The molecule has 0 heterocycles. The van der Waals surface area contributed by atoms with Gasteiger partial charge in [0.05, 0.1) is 13.2 Å². The molecule has 2 unspecified atom stereocenters. The zero-order chi connectivity index (χ0) is 44.2. The Morgan fingerprint density at radius 3 is 1.37 bits per heavy atom. The maximum atomic E-state index is 12.6. The predicted octanol–water partition coefficient (Wildman–Crippen LogP) is 13.0. The number of hydrogen-bond acceptors (Lipinski definition) is 9. The highest BCUT2D eigenvalue weighted by atomic mass is 31.2. The summed E-state index contributed by atoms with van der Waals surface area (Å²) in [6, 6.07) is -1.53. The number of ether oxygens (including phenoxy) is 2. The van der Waals surface area contributed by atoms with Crippen LogP contribution in [0.1, 0.15) is 206 Å². The molecule has 0 aliphatic carbocycles. The van der Waals surface area contributed by atoms with E-state index in [9.17, 15) is 23.8 Å². The quantitative estimate of drug-likeness (QED) is 0.0230. The molecule has 0 saturated heterocycles. The normalized spacial score (nSPS) is 14.1. The molecule has 0 radical (unpaired) electrons. The van der Waals surface area contributed by atoms with Gasteiger partial charge in [-0.15, -0.1) is 0 Å². The van der Waals surface area contributed by atoms with Crippen molar-refractivity contribution in [3.63, 3.8) is 0 Å². The number of allylic oxidation sites excluding steroid dienone is 8. The van der Waals surface area contributed by atoms with Gasteiger partial charge in [-0.05, 0) is 64.2 Å². The Labute approximate surface area is 365 Å². The molecule has 0 aromatic rings. The summed E-state index contributed by atoms with van der Waals surface area (Å²) in [7, 11) is -4.73. The van der Waals surface area contributed by atoms with Crippen molar-refractivity contribution in [2.24, 2.45) is 5.73 Å². The predicted molar refractivity (Wildman–Crippen MR) is 245 cm³/mol. The number of esters is 2. The summed E-state index contributed by atoms with van der Waals surface area (Å²) in [6.45, 7) is 2.73. The van der Waals surface area contributed by atoms with E-state index in [0.29, 0.717) is 12.8 Å². The fourth-order valence-corrected chi connectivity index (χ4v) is 7.10. The Morgan fingerprint density at radius 1 is 0.517 bits per heavy atom. The molecule has 0 saturated carbocycles. The van der Waals surface area contributed by atoms with Gasteiger partial charge in [0.15, 0.2) is 6.10 Å². The van der Waals surface area contributed by atoms with E-state index in [4.69, 9.17) is 24.8 Å². The van der Waals surface area contributed by atoms with Crippen LogP contribution in [0.4, 0.5) is 0 Å². The third-order valence-corrected chi connectivity index (χ3v) is 11.0. The van der Waals surface area contributed by atoms with Gasteiger partial charge in [0.1, 0.15) is 12.6 Å². The maximum Gasteiger partial charge on any atom is 0.472 e. The summed E-state index contributed by atoms with van der Waals surface area (Å²) in [5.74, 6) is -2.47. The van der Waals surface area contributed by atoms with E-state index >= 15 is 0 Å². The highest BCUT2D eigenvalue weighted by Gasteiger charge is 2.28. The number of carboxylic acids is 1. The number of carbonyl (C=O) groups is 3. The van der Waals surface area contributed by atoms with Crippen LogP contribution in [0.15, 0.2) is 48.6 Å². The molecule has 0 aliphatic heterocycles. The molecule has 348 valence electrons. The van der Waals surface area contributed by atoms with Crippen LogP contribution in [0, 0.1) is 0 Å². The number of phosphoric acid groups is 1. The lowest BCUT2D eigenvalue weighted by atomic mass is 10.1. The highest BCUT2D eigenvalue weighted by Crippen LogP contribution is 2.43. The first kappa shape index (κ1) is 57.4. The molecule has 4 N–H and O–H groups in total. The van der Waals surface area contributed by atoms with Gasteiger partial charge in [-0.3, -0.25) is 23.4 Å². The lowest BCUT2D eigenvalue weighted by Crippen LogP contribution is -2.34. The van der Waals surface area contributed by atoms with Crippen LogP contribution in [-0.2, 0) is 37.5 Å². The maximum absolute atomic E-state index is 12.6. The molecule has 0 aromatic carbocycles. The monoisotopic (exact) mass is 868 g/mol. The first-order chi connectivity index (χ1) is 29.1. The lowest BCUT2D eigenvalue weighted by molar-refractivity contribution is -0.161. The molecular weight excluding hydrogens is 781 g/mol. The van der Waals surface area contributed by atoms with Crippen LogP contribution < -0.4 is 5.73 Å². The van der Waals surface area contributed by atoms with Crippen molar-refractivity contribution in [2.75, 3.05) is 19.8 Å². The van der Waals surface area contributed by atoms with E-state index in [1.54, 1.807) is 0 Å². The topological polar surface area (TPSA) is 172 Å². The van der Waals surface area contributed by atoms with Crippen molar-refractivity contribution in [3.8, 4) is 0 Å². The number of aliphatic carboxylic acids is 1. The highest BCUT2D eigenvalue weighted by molar-refractivity contribution is 7.47. The zero-order valence-corrected chi connectivity index (χ0v) is 38.7. The summed E-state index contributed by atoms with van der Waals surface area (Å²) >= 11 is 0. The fraction of sp³-hybridized carbons (Fsp3) is 0.771. The molecule has 0 amide bonds. The van der Waals surface area contributed by atoms with Crippen LogP contribution >= 0.6 is 7.82 Å². The Bertz CT molecular complexity index is 1200. The summed E-state index contributed by atoms with van der Waals surface area (Å²) in [4.78, 5) is 46.0. The number of carbonyl (C=O) groups excluding carboxylic acids is 2. The second-order valence-electron chi connectivity index (χ2n) is 15.9. The SMILES string of the molecule is CCCCCCCC/C=C/C/C=C/CCC(=O)OC(COC(=O)CCCCCCCCC/C=C/C/C=C/CCCCCCCCCCC)COP(=O)(O)OC[C@H](N)C(=O)O. The minimum absolute atomic E-state index is 0.0526. The first-order valence-electron chi connectivity index (χ1n) is 23.7. The Morgan fingerprint density at radius 2 is 0.917 bits per heavy atom. The summed E-state index contributed by atoms with van der Waals surface area (Å²) in [5.41, 5.74) is 5.33. The summed E-state index contributed by atoms with van der Waals surface area (Å²) < 4.78 is 32.6. The van der Waals surface area contributed by atoms with Crippen LogP contribution in [0.25, 0.3) is 0 Å². The van der Waals surface area contributed by atoms with E-state index < -0.39 is 51.1 Å². The zero-order valence-electron chi connectivity index (χ0n) is 37.8. The van der Waals surface area contributed by atoms with E-state index in [2.05, 4.69) is 54.8 Å². The third kappa shape index (κ3) is 42.1. The van der Waals surface area contributed by atoms with Gasteiger partial charge < -0.3 is 25.2 Å². The average molecular weight is 868 g/mol. The van der Waals surface area contributed by atoms with Crippen LogP contribution in [0.3, 0.4) is 0 Å². The number of hydrogen-bond donors (Lipinski definition) is 3. The van der Waals surface area contributed by atoms with Crippen molar-refractivity contribution in [2.45, 2.75) is 219 Å². The smallest absolute Gasteiger partial charge is 0.472 e. The molecule has 3 atom stereocenters. The molecule has 60 heavy (non-hydrogen) atoms. The van der Waals surface area contributed by atoms with Crippen molar-refractivity contribution in [1.82, 2.24) is 0 Å². The van der Waals surface area contributed by atoms with Crippen molar-refractivity contribution >= 4 is 25.7 Å². The standard InChI is InChI=1S/C48H86NO10P/c1-3-5-7-9-11-13-15-17-18-19-20-21-22-23-24-25-26-28-29-31-33-35-37-39-46(50)56-41-44(42-57-60(54,55)58-43-45(49)48(52)53)59-47(51)40-38-36-34-32-30-27-16-14-12-10-8-6-4-2/h20-21,23-24,27,30,34,36,44-45H,3-19,22,25-26,28-29,31-33,35,37-43,49H2,1-2H3,(H,52,53)(H,54,55)/b21-20+,24-23+,30-27+,36-34+/t44?,45-/m0/s1. The van der Waals surface area contributed by atoms with E-state index in [1.165, 1.54) is 116 Å². The molecule has 0 aromatic heterocycles. The molecule has 0 fully saturated rings. The lowest BCUT2D eigenvalue weighted by Gasteiger charge is -2.20. The molecular formula is C48H86NO10P. The van der Waals surface area contributed by atoms with Crippen molar-refractivity contribution < 1.29 is 47.5 Å². The fourth-order valence-electron chi connectivity index (χ4n) is 6.32. The van der Waals surface area contributed by atoms with Crippen LogP contribution in [0.2, 0.25) is 0 Å². The molecule has 12 heteroatoms. The number of rotatable bonds is 44. The Balaban J connectivity index is 4.30. The van der Waals surface area contributed by atoms with Gasteiger partial charge in [0.2, 0.25) is 0 Å². The average Bonchev–Trinajstić information content (AvgIpc) is 3.22. The van der Waals surface area contributed by atoms with Gasteiger partial charge in [0.25, 0.3) is 0 Å². The number of phosphoric ester groups is 1. The number of unbranched alkanes of at least 4 members (excludes halogenated alkanes) is 22. The largest absolute Gasteiger partial charge is 0.480 e. The van der Waals surface area contributed by atoms with Gasteiger partial charge in [-0.25, -0.2) is 4.57 Å². The van der Waals surface area contributed by atoms with Gasteiger partial charge >= 0.3 is 25.7 Å². The van der Waals surface area contributed by atoms with Gasteiger partial charge in [-0.2, -0.15) is 0 Å². The minimum Gasteiger partial charge on any atom is -0.480 e. The third-order valence-electron chi connectivity index (χ3n) is 10.1. The summed E-state index contributed by atoms with van der Waals surface area (Å²) in [6.07, 6.45) is 49.2. The minimum atomic E-state index is -4.73. The molecule has 0 rings (SSSR count). The summed E-state index contributed by atoms with van der Waals surface area (Å²) in [5, 5.41) is 8.89. The van der Waals surface area contributed by atoms with Crippen LogP contribution in [0.5, 0.6) is 0 Å². The second kappa shape index (κ2) is 43.1. The molecule has 0 aliphatic rings.